The third-order valence-electron chi connectivity index (χ3n) is 2.13. The number of nitrogens with zero attached hydrogens (tertiary/aromatic N) is 4. The first-order valence-electron chi connectivity index (χ1n) is 4.79. The Balaban J connectivity index is 2.93. The van der Waals surface area contributed by atoms with Crippen LogP contribution in [0.5, 0.6) is 0 Å². The molecule has 0 aliphatic rings. The summed E-state index contributed by atoms with van der Waals surface area (Å²) in [6, 6.07) is 4.58. The van der Waals surface area contributed by atoms with Crippen LogP contribution in [0, 0.1) is 10.1 Å². The normalized spacial score (nSPS) is 11.1. The van der Waals surface area contributed by atoms with E-state index in [-0.39, 0.29) is 12.2 Å². The minimum absolute atomic E-state index is 0.100. The molecule has 1 aromatic rings. The Hall–Kier alpha value is -2.80. The highest BCUT2D eigenvalue weighted by molar-refractivity contribution is 5.65. The van der Waals surface area contributed by atoms with Crippen molar-refractivity contribution >= 4 is 11.8 Å². The van der Waals surface area contributed by atoms with Crippen LogP contribution < -0.4 is 5.32 Å². The fraction of sp³-hybridized carbons (Fsp3) is 0.222. The molecule has 9 nitrogen and oxygen atoms in total. The van der Waals surface area contributed by atoms with Gasteiger partial charge in [-0.3, -0.25) is 10.1 Å². The molecule has 1 rings (SSSR count). The van der Waals surface area contributed by atoms with Gasteiger partial charge in [-0.05, 0) is 11.1 Å². The summed E-state index contributed by atoms with van der Waals surface area (Å²) in [6.45, 7) is -0.111. The summed E-state index contributed by atoms with van der Waals surface area (Å²) in [7, 11) is 0. The maximum Gasteiger partial charge on any atom is 0.405 e. The van der Waals surface area contributed by atoms with Crippen LogP contribution in [-0.2, 0) is 0 Å². The molecule has 1 amide bonds. The van der Waals surface area contributed by atoms with Crippen molar-refractivity contribution in [1.82, 2.24) is 5.32 Å². The Morgan fingerprint density at radius 1 is 1.56 bits per heavy atom. The molecule has 0 aromatic heterocycles. The van der Waals surface area contributed by atoms with E-state index >= 15 is 0 Å². The molecule has 18 heavy (non-hydrogen) atoms. The standard InChI is InChI=1S/C9H9N5O4/c10-13-11-5-8(12-9(15)16)6-1-3-7(4-2-6)14(17)18/h1-4,8,12H,5H2,(H,15,16)/t8-/m1/s1. The zero-order chi connectivity index (χ0) is 13.5. The smallest absolute Gasteiger partial charge is 0.405 e. The molecular weight excluding hydrogens is 242 g/mol. The van der Waals surface area contributed by atoms with E-state index in [9.17, 15) is 14.9 Å². The summed E-state index contributed by atoms with van der Waals surface area (Å²) in [5, 5.41) is 24.5. The van der Waals surface area contributed by atoms with E-state index in [1.807, 2.05) is 0 Å². The molecular formula is C9H9N5O4. The monoisotopic (exact) mass is 251 g/mol. The van der Waals surface area contributed by atoms with E-state index in [0.717, 1.165) is 0 Å². The first-order chi connectivity index (χ1) is 8.54. The SMILES string of the molecule is [N-]=[N+]=NC[C@@H](NC(=O)O)c1ccc([N+](=O)[O-])cc1. The molecule has 0 fully saturated rings. The number of hydrogen-bond acceptors (Lipinski definition) is 4. The molecule has 2 N–H and O–H groups in total. The van der Waals surface area contributed by atoms with Gasteiger partial charge in [-0.25, -0.2) is 4.79 Å². The highest BCUT2D eigenvalue weighted by Crippen LogP contribution is 2.18. The first kappa shape index (κ1) is 13.3. The third-order valence-corrected chi connectivity index (χ3v) is 2.13. The number of nitrogens with one attached hydrogen (secondary N) is 1. The van der Waals surface area contributed by atoms with Crippen LogP contribution >= 0.6 is 0 Å². The van der Waals surface area contributed by atoms with Crippen molar-refractivity contribution in [3.63, 3.8) is 0 Å². The van der Waals surface area contributed by atoms with Crippen LogP contribution in [0.4, 0.5) is 10.5 Å². The third kappa shape index (κ3) is 3.65. The maximum atomic E-state index is 10.6. The van der Waals surface area contributed by atoms with Crippen molar-refractivity contribution < 1.29 is 14.8 Å². The number of hydrogen-bond donors (Lipinski definition) is 2. The van der Waals surface area contributed by atoms with Crippen LogP contribution in [0.3, 0.4) is 0 Å². The molecule has 0 bridgehead atoms. The van der Waals surface area contributed by atoms with Gasteiger partial charge in [-0.2, -0.15) is 0 Å². The van der Waals surface area contributed by atoms with E-state index in [1.54, 1.807) is 0 Å². The van der Waals surface area contributed by atoms with Crippen molar-refractivity contribution in [3.8, 4) is 0 Å². The molecule has 0 radical (unpaired) electrons. The Kier molecular flexibility index (Phi) is 4.47. The van der Waals surface area contributed by atoms with Gasteiger partial charge in [0.1, 0.15) is 0 Å². The van der Waals surface area contributed by atoms with E-state index in [0.29, 0.717) is 5.56 Å². The predicted molar refractivity (Wildman–Crippen MR) is 61.0 cm³/mol. The van der Waals surface area contributed by atoms with E-state index in [4.69, 9.17) is 10.6 Å². The Bertz CT molecular complexity index is 490. The lowest BCUT2D eigenvalue weighted by Crippen LogP contribution is -2.28. The quantitative estimate of drug-likeness (QED) is 0.272. The molecule has 94 valence electrons. The summed E-state index contributed by atoms with van der Waals surface area (Å²) in [6.07, 6.45) is -1.27. The number of amides is 1. The Morgan fingerprint density at radius 2 is 2.17 bits per heavy atom. The number of carbonyl (C=O) groups is 1. The molecule has 1 aromatic carbocycles. The summed E-state index contributed by atoms with van der Waals surface area (Å²) in [5.41, 5.74) is 8.59. The zero-order valence-corrected chi connectivity index (χ0v) is 9.05. The fourth-order valence-corrected chi connectivity index (χ4v) is 1.33. The fourth-order valence-electron chi connectivity index (χ4n) is 1.33. The van der Waals surface area contributed by atoms with Crippen LogP contribution in [0.15, 0.2) is 29.4 Å². The molecule has 1 atom stereocenters. The lowest BCUT2D eigenvalue weighted by atomic mass is 10.1. The number of carboxylic acid groups (broad SMARTS) is 1. The second-order valence-electron chi connectivity index (χ2n) is 3.26. The van der Waals surface area contributed by atoms with Gasteiger partial charge in [-0.15, -0.1) is 0 Å². The molecule has 0 aliphatic carbocycles. The molecule has 0 saturated heterocycles. The van der Waals surface area contributed by atoms with Gasteiger partial charge in [0.15, 0.2) is 0 Å². The van der Waals surface area contributed by atoms with Crippen LogP contribution in [0.1, 0.15) is 11.6 Å². The molecule has 0 aliphatic heterocycles. The number of non-ortho nitro benzene ring substituents is 1. The summed E-state index contributed by atoms with van der Waals surface area (Å²) >= 11 is 0. The van der Waals surface area contributed by atoms with Gasteiger partial charge >= 0.3 is 6.09 Å². The minimum Gasteiger partial charge on any atom is -0.465 e. The average Bonchev–Trinajstić information content (AvgIpc) is 2.34. The van der Waals surface area contributed by atoms with E-state index < -0.39 is 17.1 Å². The number of rotatable bonds is 5. The van der Waals surface area contributed by atoms with Crippen LogP contribution in [0.2, 0.25) is 0 Å². The van der Waals surface area contributed by atoms with Gasteiger partial charge in [-0.1, -0.05) is 17.2 Å². The zero-order valence-electron chi connectivity index (χ0n) is 9.05. The minimum atomic E-state index is -1.27. The topological polar surface area (TPSA) is 141 Å². The lowest BCUT2D eigenvalue weighted by molar-refractivity contribution is -0.384. The Labute approximate surface area is 101 Å². The number of nitro groups is 1. The molecule has 0 heterocycles. The highest BCUT2D eigenvalue weighted by atomic mass is 16.6. The van der Waals surface area contributed by atoms with Gasteiger partial charge in [0.25, 0.3) is 5.69 Å². The van der Waals surface area contributed by atoms with E-state index in [2.05, 4.69) is 15.3 Å². The second-order valence-corrected chi connectivity index (χ2v) is 3.26. The molecule has 0 unspecified atom stereocenters. The van der Waals surface area contributed by atoms with Gasteiger partial charge < -0.3 is 10.4 Å². The molecule has 0 saturated carbocycles. The predicted octanol–water partition coefficient (Wildman–Crippen LogP) is 2.21. The number of nitro benzene ring substituents is 1. The van der Waals surface area contributed by atoms with Crippen molar-refractivity contribution in [1.29, 1.82) is 0 Å². The van der Waals surface area contributed by atoms with Crippen LogP contribution in [0.25, 0.3) is 10.4 Å². The van der Waals surface area contributed by atoms with Crippen LogP contribution in [-0.4, -0.2) is 22.7 Å². The van der Waals surface area contributed by atoms with Crippen molar-refractivity contribution in [3.05, 3.63) is 50.4 Å². The molecule has 0 spiro atoms. The van der Waals surface area contributed by atoms with E-state index in [1.165, 1.54) is 24.3 Å². The Morgan fingerprint density at radius 3 is 2.61 bits per heavy atom. The largest absolute Gasteiger partial charge is 0.465 e. The summed E-state index contributed by atoms with van der Waals surface area (Å²) in [5.74, 6) is 0. The lowest BCUT2D eigenvalue weighted by Gasteiger charge is -2.14. The second kappa shape index (κ2) is 6.06. The maximum absolute atomic E-state index is 10.6. The average molecular weight is 251 g/mol. The number of azide groups is 1. The number of benzene rings is 1. The molecule has 9 heteroatoms. The van der Waals surface area contributed by atoms with Gasteiger partial charge in [0, 0.05) is 17.0 Å². The first-order valence-corrected chi connectivity index (χ1v) is 4.79. The summed E-state index contributed by atoms with van der Waals surface area (Å²) < 4.78 is 0. The van der Waals surface area contributed by atoms with Gasteiger partial charge in [0.05, 0.1) is 17.5 Å². The van der Waals surface area contributed by atoms with Crippen molar-refractivity contribution in [2.75, 3.05) is 6.54 Å². The van der Waals surface area contributed by atoms with Gasteiger partial charge in [0.2, 0.25) is 0 Å². The highest BCUT2D eigenvalue weighted by Gasteiger charge is 2.14. The van der Waals surface area contributed by atoms with Crippen molar-refractivity contribution in [2.45, 2.75) is 6.04 Å². The summed E-state index contributed by atoms with van der Waals surface area (Å²) in [4.78, 5) is 23.0. The van der Waals surface area contributed by atoms with Crippen molar-refractivity contribution in [2.24, 2.45) is 5.11 Å².